The third-order valence-electron chi connectivity index (χ3n) is 5.64. The maximum absolute atomic E-state index is 6.13. The lowest BCUT2D eigenvalue weighted by Crippen LogP contribution is -2.43. The average molecular weight is 338 g/mol. The molecule has 4 heteroatoms. The predicted octanol–water partition coefficient (Wildman–Crippen LogP) is 3.83. The molecule has 1 aromatic carbocycles. The molecular formula is C21H26N2O2. The fourth-order valence-electron chi connectivity index (χ4n) is 4.41. The van der Waals surface area contributed by atoms with E-state index in [4.69, 9.17) is 14.5 Å². The number of likely N-dealkylation sites (tertiary alicyclic amines) is 1. The van der Waals surface area contributed by atoms with Gasteiger partial charge in [0.05, 0.1) is 12.8 Å². The third-order valence-corrected chi connectivity index (χ3v) is 5.64. The van der Waals surface area contributed by atoms with Gasteiger partial charge in [0.1, 0.15) is 18.1 Å². The van der Waals surface area contributed by atoms with Crippen molar-refractivity contribution in [3.63, 3.8) is 0 Å². The highest BCUT2D eigenvalue weighted by atomic mass is 16.5. The first-order chi connectivity index (χ1) is 12.2. The lowest BCUT2D eigenvalue weighted by atomic mass is 9.99. The minimum absolute atomic E-state index is 0.479. The van der Waals surface area contributed by atoms with Gasteiger partial charge in [-0.3, -0.25) is 9.88 Å². The molecule has 2 heterocycles. The first-order valence-electron chi connectivity index (χ1n) is 9.18. The summed E-state index contributed by atoms with van der Waals surface area (Å²) in [7, 11) is 1.69. The van der Waals surface area contributed by atoms with Crippen molar-refractivity contribution in [3.8, 4) is 11.5 Å². The van der Waals surface area contributed by atoms with Crippen molar-refractivity contribution in [2.24, 2.45) is 5.92 Å². The Hall–Kier alpha value is -2.07. The van der Waals surface area contributed by atoms with E-state index in [9.17, 15) is 0 Å². The second kappa shape index (κ2) is 7.04. The second-order valence-corrected chi connectivity index (χ2v) is 7.23. The maximum Gasteiger partial charge on any atom is 0.123 e. The number of pyridine rings is 1. The van der Waals surface area contributed by atoms with Crippen molar-refractivity contribution in [2.45, 2.75) is 44.8 Å². The van der Waals surface area contributed by atoms with Gasteiger partial charge < -0.3 is 9.47 Å². The van der Waals surface area contributed by atoms with Gasteiger partial charge in [-0.15, -0.1) is 0 Å². The van der Waals surface area contributed by atoms with Gasteiger partial charge in [0.2, 0.25) is 0 Å². The quantitative estimate of drug-likeness (QED) is 0.802. The summed E-state index contributed by atoms with van der Waals surface area (Å²) in [5.41, 5.74) is 2.25. The number of rotatable bonds is 6. The number of ether oxygens (including phenoxy) is 2. The Bertz CT molecular complexity index is 733. The van der Waals surface area contributed by atoms with E-state index < -0.39 is 0 Å². The van der Waals surface area contributed by atoms with Crippen molar-refractivity contribution >= 4 is 0 Å². The van der Waals surface area contributed by atoms with Crippen LogP contribution in [0.1, 0.15) is 30.7 Å². The summed E-state index contributed by atoms with van der Waals surface area (Å²) in [4.78, 5) is 7.32. The highest BCUT2D eigenvalue weighted by molar-refractivity contribution is 5.32. The second-order valence-electron chi connectivity index (χ2n) is 7.23. The van der Waals surface area contributed by atoms with Gasteiger partial charge in [0.15, 0.2) is 0 Å². The Balaban J connectivity index is 1.45. The first-order valence-corrected chi connectivity index (χ1v) is 9.18. The van der Waals surface area contributed by atoms with Gasteiger partial charge in [-0.1, -0.05) is 12.1 Å². The molecule has 0 spiro atoms. The van der Waals surface area contributed by atoms with Crippen LogP contribution >= 0.6 is 0 Å². The van der Waals surface area contributed by atoms with Crippen LogP contribution in [0.25, 0.3) is 0 Å². The molecule has 2 bridgehead atoms. The fraction of sp³-hybridized carbons (Fsp3) is 0.476. The molecule has 2 aliphatic rings. The normalized spacial score (nSPS) is 25.3. The fourth-order valence-corrected chi connectivity index (χ4v) is 4.41. The van der Waals surface area contributed by atoms with Gasteiger partial charge in [0, 0.05) is 30.4 Å². The molecular weight excluding hydrogens is 312 g/mol. The minimum atomic E-state index is 0.479. The molecule has 0 amide bonds. The standard InChI is InChI=1S/C21H26N2O2/c1-15-5-3-6-17(22-15)13-23-18-10-9-16(11-18)21(23)14-25-20-8-4-7-19(12-20)24-2/h3-8,12,16,18,21H,9-11,13-14H2,1-2H3/t16-,18+,21-/m0/s1. The number of hydrogen-bond donors (Lipinski definition) is 0. The van der Waals surface area contributed by atoms with E-state index in [1.54, 1.807) is 7.11 Å². The molecule has 3 atom stereocenters. The van der Waals surface area contributed by atoms with E-state index in [-0.39, 0.29) is 0 Å². The van der Waals surface area contributed by atoms with Crippen LogP contribution in [0.5, 0.6) is 11.5 Å². The third kappa shape index (κ3) is 3.49. The Labute approximate surface area is 149 Å². The van der Waals surface area contributed by atoms with Crippen molar-refractivity contribution in [3.05, 3.63) is 53.9 Å². The number of fused-ring (bicyclic) bond motifs is 2. The number of aromatic nitrogens is 1. The summed E-state index contributed by atoms with van der Waals surface area (Å²) in [6.45, 7) is 3.72. The van der Waals surface area contributed by atoms with Crippen molar-refractivity contribution < 1.29 is 9.47 Å². The van der Waals surface area contributed by atoms with E-state index in [0.717, 1.165) is 36.3 Å². The summed E-state index contributed by atoms with van der Waals surface area (Å²) >= 11 is 0. The molecule has 25 heavy (non-hydrogen) atoms. The molecule has 1 aliphatic heterocycles. The van der Waals surface area contributed by atoms with E-state index in [2.05, 4.69) is 30.0 Å². The monoisotopic (exact) mass is 338 g/mol. The van der Waals surface area contributed by atoms with Crippen LogP contribution < -0.4 is 9.47 Å². The average Bonchev–Trinajstić information content (AvgIpc) is 3.22. The minimum Gasteiger partial charge on any atom is -0.497 e. The van der Waals surface area contributed by atoms with Gasteiger partial charge in [-0.2, -0.15) is 0 Å². The molecule has 132 valence electrons. The predicted molar refractivity (Wildman–Crippen MR) is 97.9 cm³/mol. The summed E-state index contributed by atoms with van der Waals surface area (Å²) in [5.74, 6) is 2.47. The van der Waals surface area contributed by atoms with E-state index in [1.165, 1.54) is 25.0 Å². The molecule has 4 nitrogen and oxygen atoms in total. The maximum atomic E-state index is 6.13. The number of nitrogens with zero attached hydrogens (tertiary/aromatic N) is 2. The molecule has 1 saturated carbocycles. The summed E-state index contributed by atoms with van der Waals surface area (Å²) in [5, 5.41) is 0. The van der Waals surface area contributed by atoms with Crippen LogP contribution in [-0.4, -0.2) is 35.7 Å². The summed E-state index contributed by atoms with van der Waals surface area (Å²) in [6, 6.07) is 15.3. The van der Waals surface area contributed by atoms with Crippen LogP contribution in [0.2, 0.25) is 0 Å². The smallest absolute Gasteiger partial charge is 0.123 e. The van der Waals surface area contributed by atoms with E-state index >= 15 is 0 Å². The zero-order chi connectivity index (χ0) is 17.2. The number of methoxy groups -OCH3 is 1. The largest absolute Gasteiger partial charge is 0.497 e. The molecule has 0 radical (unpaired) electrons. The molecule has 4 rings (SSSR count). The van der Waals surface area contributed by atoms with E-state index in [0.29, 0.717) is 12.1 Å². The molecule has 1 aromatic heterocycles. The van der Waals surface area contributed by atoms with Crippen molar-refractivity contribution in [2.75, 3.05) is 13.7 Å². The number of benzene rings is 1. The molecule has 0 unspecified atom stereocenters. The van der Waals surface area contributed by atoms with Gasteiger partial charge in [-0.25, -0.2) is 0 Å². The SMILES string of the molecule is COc1cccc(OC[C@H]2[C@H]3CC[C@H](C3)N2Cc2cccc(C)n2)c1. The van der Waals surface area contributed by atoms with Crippen LogP contribution in [0.3, 0.4) is 0 Å². The molecule has 2 fully saturated rings. The van der Waals surface area contributed by atoms with Crippen molar-refractivity contribution in [1.82, 2.24) is 9.88 Å². The Kier molecular flexibility index (Phi) is 4.62. The van der Waals surface area contributed by atoms with Gasteiger partial charge in [0.25, 0.3) is 0 Å². The van der Waals surface area contributed by atoms with Gasteiger partial charge >= 0.3 is 0 Å². The highest BCUT2D eigenvalue weighted by Crippen LogP contribution is 2.43. The van der Waals surface area contributed by atoms with Crippen LogP contribution in [0.15, 0.2) is 42.5 Å². The molecule has 1 saturated heterocycles. The number of piperidine rings is 1. The van der Waals surface area contributed by atoms with E-state index in [1.807, 2.05) is 24.3 Å². The molecule has 1 aliphatic carbocycles. The van der Waals surface area contributed by atoms with Crippen LogP contribution in [-0.2, 0) is 6.54 Å². The zero-order valence-corrected chi connectivity index (χ0v) is 15.0. The molecule has 2 aromatic rings. The number of hydrogen-bond acceptors (Lipinski definition) is 4. The van der Waals surface area contributed by atoms with Gasteiger partial charge in [-0.05, 0) is 56.4 Å². The first kappa shape index (κ1) is 16.4. The lowest BCUT2D eigenvalue weighted by Gasteiger charge is -2.35. The topological polar surface area (TPSA) is 34.6 Å². The lowest BCUT2D eigenvalue weighted by molar-refractivity contribution is 0.0855. The Morgan fingerprint density at radius 3 is 2.80 bits per heavy atom. The summed E-state index contributed by atoms with van der Waals surface area (Å²) < 4.78 is 11.4. The molecule has 0 N–H and O–H groups in total. The summed E-state index contributed by atoms with van der Waals surface area (Å²) in [6.07, 6.45) is 3.94. The van der Waals surface area contributed by atoms with Crippen LogP contribution in [0.4, 0.5) is 0 Å². The highest BCUT2D eigenvalue weighted by Gasteiger charge is 2.46. The zero-order valence-electron chi connectivity index (χ0n) is 15.0. The Morgan fingerprint density at radius 2 is 1.96 bits per heavy atom. The van der Waals surface area contributed by atoms with Crippen molar-refractivity contribution in [1.29, 1.82) is 0 Å². The number of aryl methyl sites for hydroxylation is 1. The Morgan fingerprint density at radius 1 is 1.12 bits per heavy atom. The van der Waals surface area contributed by atoms with Crippen LogP contribution in [0, 0.1) is 12.8 Å².